The fourth-order valence-corrected chi connectivity index (χ4v) is 4.03. The van der Waals surface area contributed by atoms with Crippen LogP contribution in [0.15, 0.2) is 53.1 Å². The average molecular weight is 451 g/mol. The third kappa shape index (κ3) is 6.10. The third-order valence-electron chi connectivity index (χ3n) is 5.73. The number of piperidine rings is 1. The average Bonchev–Trinajstić information content (AvgIpc) is 3.31. The number of rotatable bonds is 9. The highest BCUT2D eigenvalue weighted by molar-refractivity contribution is 5.79. The number of likely N-dealkylation sites (tertiary alicyclic amines) is 1. The molecule has 1 fully saturated rings. The van der Waals surface area contributed by atoms with Crippen molar-refractivity contribution in [3.05, 3.63) is 60.0 Å². The summed E-state index contributed by atoms with van der Waals surface area (Å²) < 4.78 is 16.2. The van der Waals surface area contributed by atoms with Gasteiger partial charge in [-0.25, -0.2) is 0 Å². The van der Waals surface area contributed by atoms with Gasteiger partial charge in [0.2, 0.25) is 17.6 Å². The van der Waals surface area contributed by atoms with Crippen molar-refractivity contribution in [1.29, 1.82) is 0 Å². The maximum Gasteiger partial charge on any atom is 0.241 e. The molecule has 0 aliphatic carbocycles. The van der Waals surface area contributed by atoms with Crippen LogP contribution in [-0.4, -0.2) is 47.8 Å². The second kappa shape index (κ2) is 11.0. The second-order valence-corrected chi connectivity index (χ2v) is 8.11. The molecule has 1 aliphatic rings. The highest BCUT2D eigenvalue weighted by atomic mass is 16.5. The van der Waals surface area contributed by atoms with Crippen LogP contribution < -0.4 is 14.8 Å². The molecule has 0 spiro atoms. The Morgan fingerprint density at radius 3 is 2.85 bits per heavy atom. The van der Waals surface area contributed by atoms with Gasteiger partial charge in [-0.15, -0.1) is 0 Å². The second-order valence-electron chi connectivity index (χ2n) is 8.11. The maximum absolute atomic E-state index is 12.8. The monoisotopic (exact) mass is 450 g/mol. The molecule has 33 heavy (non-hydrogen) atoms. The minimum atomic E-state index is -0.0576. The van der Waals surface area contributed by atoms with Gasteiger partial charge in [-0.1, -0.05) is 17.3 Å². The Hall–Kier alpha value is -3.39. The van der Waals surface area contributed by atoms with E-state index in [1.807, 2.05) is 55.5 Å². The molecule has 2 aromatic carbocycles. The van der Waals surface area contributed by atoms with Crippen molar-refractivity contribution < 1.29 is 18.8 Å². The van der Waals surface area contributed by atoms with Crippen molar-refractivity contribution in [3.63, 3.8) is 0 Å². The number of benzene rings is 2. The molecule has 0 radical (unpaired) electrons. The van der Waals surface area contributed by atoms with Gasteiger partial charge in [-0.2, -0.15) is 4.98 Å². The Kier molecular flexibility index (Phi) is 7.57. The molecular formula is C25H30N4O4. The lowest BCUT2D eigenvalue weighted by Crippen LogP contribution is -2.42. The van der Waals surface area contributed by atoms with Crippen molar-refractivity contribution in [3.8, 4) is 22.9 Å². The Morgan fingerprint density at radius 2 is 2.06 bits per heavy atom. The zero-order valence-electron chi connectivity index (χ0n) is 19.1. The van der Waals surface area contributed by atoms with Gasteiger partial charge in [0.1, 0.15) is 11.5 Å². The number of nitrogens with one attached hydrogen (secondary N) is 1. The summed E-state index contributed by atoms with van der Waals surface area (Å²) in [6.45, 7) is 5.17. The summed E-state index contributed by atoms with van der Waals surface area (Å²) in [6.07, 6.45) is 1.83. The number of aromatic nitrogens is 2. The molecule has 3 aromatic rings. The first-order valence-electron chi connectivity index (χ1n) is 11.3. The summed E-state index contributed by atoms with van der Waals surface area (Å²) in [5.74, 6) is 2.72. The van der Waals surface area contributed by atoms with Crippen LogP contribution in [0.2, 0.25) is 0 Å². The first-order valence-corrected chi connectivity index (χ1v) is 11.3. The third-order valence-corrected chi connectivity index (χ3v) is 5.73. The zero-order chi connectivity index (χ0) is 23.0. The van der Waals surface area contributed by atoms with E-state index in [9.17, 15) is 4.79 Å². The van der Waals surface area contributed by atoms with E-state index in [2.05, 4.69) is 20.4 Å². The summed E-state index contributed by atoms with van der Waals surface area (Å²) in [5.41, 5.74) is 1.90. The molecule has 1 aromatic heterocycles. The number of hydrogen-bond acceptors (Lipinski definition) is 7. The van der Waals surface area contributed by atoms with Gasteiger partial charge in [-0.05, 0) is 68.3 Å². The summed E-state index contributed by atoms with van der Waals surface area (Å²) in [4.78, 5) is 19.5. The van der Waals surface area contributed by atoms with Crippen molar-refractivity contribution in [2.45, 2.75) is 32.9 Å². The Balaban J connectivity index is 1.30. The molecule has 2 heterocycles. The van der Waals surface area contributed by atoms with Crippen LogP contribution in [0, 0.1) is 5.92 Å². The molecule has 1 unspecified atom stereocenters. The molecule has 8 heteroatoms. The zero-order valence-corrected chi connectivity index (χ0v) is 19.1. The summed E-state index contributed by atoms with van der Waals surface area (Å²) in [5, 5.41) is 7.18. The van der Waals surface area contributed by atoms with Crippen LogP contribution in [0.5, 0.6) is 11.5 Å². The molecule has 1 N–H and O–H groups in total. The smallest absolute Gasteiger partial charge is 0.241 e. The van der Waals surface area contributed by atoms with E-state index >= 15 is 0 Å². The van der Waals surface area contributed by atoms with E-state index in [1.165, 1.54) is 0 Å². The van der Waals surface area contributed by atoms with Gasteiger partial charge in [0.15, 0.2) is 0 Å². The number of ether oxygens (including phenoxy) is 2. The maximum atomic E-state index is 12.8. The number of carbonyl (C=O) groups excluding carboxylic acids is 1. The minimum absolute atomic E-state index is 0.0576. The van der Waals surface area contributed by atoms with Gasteiger partial charge in [0.05, 0.1) is 26.2 Å². The number of hydrogen-bond donors (Lipinski definition) is 1. The first-order chi connectivity index (χ1) is 16.1. The number of carbonyl (C=O) groups is 1. The molecule has 4 rings (SSSR count). The molecule has 1 aliphatic heterocycles. The predicted molar refractivity (Wildman–Crippen MR) is 124 cm³/mol. The van der Waals surface area contributed by atoms with Gasteiger partial charge >= 0.3 is 0 Å². The van der Waals surface area contributed by atoms with Gasteiger partial charge in [0.25, 0.3) is 0 Å². The topological polar surface area (TPSA) is 89.7 Å². The predicted octanol–water partition coefficient (Wildman–Crippen LogP) is 3.67. The Labute approximate surface area is 193 Å². The molecule has 1 amide bonds. The van der Waals surface area contributed by atoms with Crippen LogP contribution >= 0.6 is 0 Å². The Morgan fingerprint density at radius 1 is 1.21 bits per heavy atom. The van der Waals surface area contributed by atoms with Crippen molar-refractivity contribution in [2.75, 3.05) is 26.8 Å². The lowest BCUT2D eigenvalue weighted by Gasteiger charge is -2.30. The molecule has 0 bridgehead atoms. The lowest BCUT2D eigenvalue weighted by molar-refractivity contribution is -0.127. The summed E-state index contributed by atoms with van der Waals surface area (Å²) >= 11 is 0. The molecule has 1 atom stereocenters. The molecule has 174 valence electrons. The summed E-state index contributed by atoms with van der Waals surface area (Å²) in [7, 11) is 1.63. The van der Waals surface area contributed by atoms with E-state index in [-0.39, 0.29) is 11.8 Å². The normalized spacial score (nSPS) is 16.4. The van der Waals surface area contributed by atoms with E-state index in [0.29, 0.717) is 38.0 Å². The van der Waals surface area contributed by atoms with Gasteiger partial charge in [-0.3, -0.25) is 9.69 Å². The van der Waals surface area contributed by atoms with E-state index in [0.717, 1.165) is 42.0 Å². The van der Waals surface area contributed by atoms with Gasteiger partial charge in [0, 0.05) is 18.7 Å². The number of methoxy groups -OCH3 is 1. The van der Waals surface area contributed by atoms with Gasteiger partial charge < -0.3 is 19.3 Å². The standard InChI is InChI=1S/C25H30N4O4/c1-3-32-22-8-4-6-18(14-22)15-26-25(30)20-7-5-13-29(16-20)17-23-27-24(28-33-23)19-9-11-21(31-2)12-10-19/h4,6,8-12,14,20H,3,5,7,13,15-17H2,1-2H3,(H,26,30). The van der Waals surface area contributed by atoms with E-state index in [1.54, 1.807) is 7.11 Å². The molecule has 8 nitrogen and oxygen atoms in total. The lowest BCUT2D eigenvalue weighted by atomic mass is 9.97. The van der Waals surface area contributed by atoms with Crippen molar-refractivity contribution >= 4 is 5.91 Å². The fourth-order valence-electron chi connectivity index (χ4n) is 4.03. The molecular weight excluding hydrogens is 420 g/mol. The van der Waals surface area contributed by atoms with Crippen molar-refractivity contribution in [2.24, 2.45) is 5.92 Å². The summed E-state index contributed by atoms with van der Waals surface area (Å²) in [6, 6.07) is 15.4. The quantitative estimate of drug-likeness (QED) is 0.532. The minimum Gasteiger partial charge on any atom is -0.497 e. The number of nitrogens with zero attached hydrogens (tertiary/aromatic N) is 3. The molecule has 1 saturated heterocycles. The van der Waals surface area contributed by atoms with Crippen molar-refractivity contribution in [1.82, 2.24) is 20.4 Å². The van der Waals surface area contributed by atoms with E-state index in [4.69, 9.17) is 14.0 Å². The highest BCUT2D eigenvalue weighted by Gasteiger charge is 2.26. The van der Waals surface area contributed by atoms with E-state index < -0.39 is 0 Å². The Bertz CT molecular complexity index is 1050. The fraction of sp³-hybridized carbons (Fsp3) is 0.400. The molecule has 0 saturated carbocycles. The highest BCUT2D eigenvalue weighted by Crippen LogP contribution is 2.22. The largest absolute Gasteiger partial charge is 0.497 e. The van der Waals surface area contributed by atoms with Crippen LogP contribution in [-0.2, 0) is 17.9 Å². The van der Waals surface area contributed by atoms with Crippen LogP contribution in [0.3, 0.4) is 0 Å². The van der Waals surface area contributed by atoms with Crippen LogP contribution in [0.25, 0.3) is 11.4 Å². The SMILES string of the molecule is CCOc1cccc(CNC(=O)C2CCCN(Cc3nc(-c4ccc(OC)cc4)no3)C2)c1. The van der Waals surface area contributed by atoms with Crippen LogP contribution in [0.1, 0.15) is 31.2 Å². The van der Waals surface area contributed by atoms with Crippen LogP contribution in [0.4, 0.5) is 0 Å². The number of amides is 1. The first kappa shape index (κ1) is 22.8.